The Kier molecular flexibility index (Phi) is 4.83. The van der Waals surface area contributed by atoms with Gasteiger partial charge in [-0.05, 0) is 53.3 Å². The lowest BCUT2D eigenvalue weighted by Crippen LogP contribution is -2.24. The molecule has 0 unspecified atom stereocenters. The molecule has 0 fully saturated rings. The van der Waals surface area contributed by atoms with Crippen LogP contribution in [0.5, 0.6) is 0 Å². The number of benzene rings is 2. The van der Waals surface area contributed by atoms with Crippen LogP contribution in [-0.2, 0) is 0 Å². The molecule has 0 amide bonds. The SMILES string of the molecule is CSN1CC2=C(C=C[C@H](c3cccc(Cl)c3)[C@@H]2c2cccc(Cl)c2)N1. The lowest BCUT2D eigenvalue weighted by atomic mass is 9.74. The Balaban J connectivity index is 1.80. The van der Waals surface area contributed by atoms with Crippen molar-refractivity contribution in [1.82, 2.24) is 9.84 Å². The minimum atomic E-state index is 0.236. The molecule has 2 nitrogen and oxygen atoms in total. The van der Waals surface area contributed by atoms with E-state index >= 15 is 0 Å². The highest BCUT2D eigenvalue weighted by atomic mass is 35.5. The van der Waals surface area contributed by atoms with Crippen molar-refractivity contribution in [2.75, 3.05) is 12.8 Å². The number of halogens is 2. The zero-order valence-corrected chi connectivity index (χ0v) is 16.1. The van der Waals surface area contributed by atoms with Crippen LogP contribution >= 0.6 is 35.1 Å². The van der Waals surface area contributed by atoms with Crippen LogP contribution in [0.15, 0.2) is 72.0 Å². The summed E-state index contributed by atoms with van der Waals surface area (Å²) < 4.78 is 2.16. The van der Waals surface area contributed by atoms with Crippen LogP contribution in [0.25, 0.3) is 0 Å². The van der Waals surface area contributed by atoms with Gasteiger partial charge in [-0.2, -0.15) is 4.41 Å². The highest BCUT2D eigenvalue weighted by molar-refractivity contribution is 7.96. The standard InChI is InChI=1S/C20H18Cl2N2S/c1-25-24-12-18-19(23-24)9-8-17(13-4-2-6-15(21)10-13)20(18)14-5-3-7-16(22)11-14/h2-11,17,20,23H,12H2,1H3/t17-,20+/m1/s1. The molecule has 1 aliphatic carbocycles. The Morgan fingerprint density at radius 2 is 1.72 bits per heavy atom. The predicted octanol–water partition coefficient (Wildman–Crippen LogP) is 5.78. The zero-order chi connectivity index (χ0) is 17.4. The van der Waals surface area contributed by atoms with Crippen LogP contribution in [-0.4, -0.2) is 17.2 Å². The molecule has 2 aromatic carbocycles. The fraction of sp³-hybridized carbons (Fsp3) is 0.200. The summed E-state index contributed by atoms with van der Waals surface area (Å²) in [5.41, 5.74) is 8.52. The van der Waals surface area contributed by atoms with E-state index in [0.717, 1.165) is 16.6 Å². The molecule has 1 aliphatic heterocycles. The molecule has 2 aliphatic rings. The normalized spacial score (nSPS) is 22.8. The molecule has 4 rings (SSSR count). The van der Waals surface area contributed by atoms with Gasteiger partial charge in [0.25, 0.3) is 0 Å². The third-order valence-electron chi connectivity index (χ3n) is 4.77. The zero-order valence-electron chi connectivity index (χ0n) is 13.7. The molecule has 2 aromatic rings. The third-order valence-corrected chi connectivity index (χ3v) is 5.90. The van der Waals surface area contributed by atoms with Crippen molar-refractivity contribution in [3.05, 3.63) is 93.1 Å². The minimum absolute atomic E-state index is 0.236. The Bertz CT molecular complexity index is 862. The minimum Gasteiger partial charge on any atom is -0.309 e. The summed E-state index contributed by atoms with van der Waals surface area (Å²) in [6, 6.07) is 16.4. The highest BCUT2D eigenvalue weighted by Crippen LogP contribution is 2.46. The lowest BCUT2D eigenvalue weighted by molar-refractivity contribution is 0.466. The summed E-state index contributed by atoms with van der Waals surface area (Å²) >= 11 is 14.3. The summed E-state index contributed by atoms with van der Waals surface area (Å²) in [6.45, 7) is 0.884. The molecule has 0 saturated heterocycles. The fourth-order valence-corrected chi connectivity index (χ4v) is 4.52. The van der Waals surface area contributed by atoms with Crippen LogP contribution in [0.4, 0.5) is 0 Å². The summed E-state index contributed by atoms with van der Waals surface area (Å²) in [7, 11) is 0. The smallest absolute Gasteiger partial charge is 0.0533 e. The molecule has 25 heavy (non-hydrogen) atoms. The van der Waals surface area contributed by atoms with E-state index < -0.39 is 0 Å². The summed E-state index contributed by atoms with van der Waals surface area (Å²) in [4.78, 5) is 0. The maximum absolute atomic E-state index is 6.30. The van der Waals surface area contributed by atoms with Gasteiger partial charge in [-0.1, -0.05) is 65.5 Å². The van der Waals surface area contributed by atoms with E-state index in [-0.39, 0.29) is 11.8 Å². The van der Waals surface area contributed by atoms with E-state index in [2.05, 4.69) is 52.5 Å². The van der Waals surface area contributed by atoms with Crippen LogP contribution in [0.1, 0.15) is 23.0 Å². The Hall–Kier alpha value is -1.39. The van der Waals surface area contributed by atoms with Crippen molar-refractivity contribution in [3.63, 3.8) is 0 Å². The molecule has 0 saturated carbocycles. The number of nitrogens with zero attached hydrogens (tertiary/aromatic N) is 1. The Morgan fingerprint density at radius 3 is 2.40 bits per heavy atom. The van der Waals surface area contributed by atoms with Crippen molar-refractivity contribution in [2.45, 2.75) is 11.8 Å². The monoisotopic (exact) mass is 388 g/mol. The maximum atomic E-state index is 6.30. The van der Waals surface area contributed by atoms with Gasteiger partial charge in [0.1, 0.15) is 0 Å². The second-order valence-electron chi connectivity index (χ2n) is 6.24. The molecule has 0 spiro atoms. The van der Waals surface area contributed by atoms with Gasteiger partial charge in [0.05, 0.1) is 12.2 Å². The molecule has 0 radical (unpaired) electrons. The average Bonchev–Trinajstić information content (AvgIpc) is 3.04. The van der Waals surface area contributed by atoms with E-state index in [1.54, 1.807) is 11.9 Å². The molecule has 2 atom stereocenters. The molecule has 5 heteroatoms. The van der Waals surface area contributed by atoms with Gasteiger partial charge >= 0.3 is 0 Å². The topological polar surface area (TPSA) is 15.3 Å². The summed E-state index contributed by atoms with van der Waals surface area (Å²) in [5, 5.41) is 1.54. The van der Waals surface area contributed by atoms with Gasteiger partial charge in [-0.3, -0.25) is 0 Å². The predicted molar refractivity (Wildman–Crippen MR) is 108 cm³/mol. The van der Waals surface area contributed by atoms with Crippen molar-refractivity contribution >= 4 is 35.1 Å². The van der Waals surface area contributed by atoms with E-state index in [1.165, 1.54) is 22.4 Å². The van der Waals surface area contributed by atoms with Crippen molar-refractivity contribution in [1.29, 1.82) is 0 Å². The van der Waals surface area contributed by atoms with E-state index in [0.29, 0.717) is 0 Å². The van der Waals surface area contributed by atoms with E-state index in [9.17, 15) is 0 Å². The molecular formula is C20H18Cl2N2S. The fourth-order valence-electron chi connectivity index (χ4n) is 3.66. The van der Waals surface area contributed by atoms with Gasteiger partial charge < -0.3 is 5.43 Å². The second kappa shape index (κ2) is 7.08. The number of hydrogen-bond acceptors (Lipinski definition) is 3. The van der Waals surface area contributed by atoms with Crippen LogP contribution in [0.3, 0.4) is 0 Å². The first kappa shape index (κ1) is 17.0. The van der Waals surface area contributed by atoms with Gasteiger partial charge in [-0.15, -0.1) is 0 Å². The number of hydrazine groups is 1. The molecule has 1 heterocycles. The first-order valence-corrected chi connectivity index (χ1v) is 10.1. The molecule has 0 bridgehead atoms. The Morgan fingerprint density at radius 1 is 1.04 bits per heavy atom. The third kappa shape index (κ3) is 3.34. The highest BCUT2D eigenvalue weighted by Gasteiger charge is 2.35. The summed E-state index contributed by atoms with van der Waals surface area (Å²) in [6.07, 6.45) is 6.54. The molecule has 1 N–H and O–H groups in total. The number of hydrogen-bond donors (Lipinski definition) is 1. The van der Waals surface area contributed by atoms with Gasteiger partial charge in [0.2, 0.25) is 0 Å². The van der Waals surface area contributed by atoms with Gasteiger partial charge in [-0.25, -0.2) is 0 Å². The van der Waals surface area contributed by atoms with E-state index in [1.807, 2.05) is 24.3 Å². The van der Waals surface area contributed by atoms with Crippen molar-refractivity contribution < 1.29 is 0 Å². The van der Waals surface area contributed by atoms with E-state index in [4.69, 9.17) is 23.2 Å². The lowest BCUT2D eigenvalue weighted by Gasteiger charge is -2.30. The Labute approximate surface area is 162 Å². The molecule has 128 valence electrons. The largest absolute Gasteiger partial charge is 0.309 e. The van der Waals surface area contributed by atoms with Crippen molar-refractivity contribution in [2.24, 2.45) is 0 Å². The summed E-state index contributed by atoms with van der Waals surface area (Å²) in [5.74, 6) is 0.473. The van der Waals surface area contributed by atoms with Crippen LogP contribution < -0.4 is 5.43 Å². The second-order valence-corrected chi connectivity index (χ2v) is 7.92. The van der Waals surface area contributed by atoms with Crippen LogP contribution in [0.2, 0.25) is 10.0 Å². The molecule has 0 aromatic heterocycles. The van der Waals surface area contributed by atoms with Gasteiger partial charge in [0, 0.05) is 21.9 Å². The van der Waals surface area contributed by atoms with Gasteiger partial charge in [0.15, 0.2) is 0 Å². The number of allylic oxidation sites excluding steroid dienone is 2. The first-order valence-electron chi connectivity index (χ1n) is 8.16. The molecular weight excluding hydrogens is 371 g/mol. The van der Waals surface area contributed by atoms with Crippen molar-refractivity contribution in [3.8, 4) is 0 Å². The average molecular weight is 389 g/mol. The number of rotatable bonds is 3. The number of nitrogens with one attached hydrogen (secondary N) is 1. The first-order chi connectivity index (χ1) is 12.2. The van der Waals surface area contributed by atoms with Crippen LogP contribution in [0, 0.1) is 0 Å². The maximum Gasteiger partial charge on any atom is 0.0533 e. The quantitative estimate of drug-likeness (QED) is 0.670.